The SMILES string of the molecule is CCOC(=O)[C@@H]1CCn2c(nc3c(=O)n(C)c(=O)n(C)c32)S1. The number of carbonyl (C=O) groups is 1. The van der Waals surface area contributed by atoms with Crippen LogP contribution in [-0.2, 0) is 30.2 Å². The van der Waals surface area contributed by atoms with Crippen molar-refractivity contribution in [3.63, 3.8) is 0 Å². The van der Waals surface area contributed by atoms with Crippen LogP contribution in [0.1, 0.15) is 13.3 Å². The number of rotatable bonds is 2. The highest BCUT2D eigenvalue weighted by Gasteiger charge is 2.30. The zero-order valence-corrected chi connectivity index (χ0v) is 13.3. The Labute approximate surface area is 129 Å². The maximum absolute atomic E-state index is 12.2. The van der Waals surface area contributed by atoms with Gasteiger partial charge in [0.2, 0.25) is 0 Å². The number of hydrogen-bond donors (Lipinski definition) is 0. The van der Waals surface area contributed by atoms with E-state index < -0.39 is 11.2 Å². The van der Waals surface area contributed by atoms with Crippen LogP contribution in [0.4, 0.5) is 0 Å². The molecule has 0 unspecified atom stereocenters. The Morgan fingerprint density at radius 1 is 1.36 bits per heavy atom. The zero-order chi connectivity index (χ0) is 16.0. The minimum absolute atomic E-state index is 0.247. The highest BCUT2D eigenvalue weighted by Crippen LogP contribution is 2.33. The van der Waals surface area contributed by atoms with E-state index in [4.69, 9.17) is 4.74 Å². The molecule has 2 aromatic rings. The number of hydrogen-bond acceptors (Lipinski definition) is 6. The maximum atomic E-state index is 12.2. The fourth-order valence-electron chi connectivity index (χ4n) is 2.59. The molecule has 0 bridgehead atoms. The second-order valence-electron chi connectivity index (χ2n) is 5.07. The molecule has 0 spiro atoms. The van der Waals surface area contributed by atoms with Gasteiger partial charge in [0, 0.05) is 20.6 Å². The van der Waals surface area contributed by atoms with E-state index in [9.17, 15) is 14.4 Å². The van der Waals surface area contributed by atoms with Gasteiger partial charge in [0.1, 0.15) is 5.25 Å². The Morgan fingerprint density at radius 3 is 2.77 bits per heavy atom. The summed E-state index contributed by atoms with van der Waals surface area (Å²) in [5.41, 5.74) is -0.0690. The summed E-state index contributed by atoms with van der Waals surface area (Å²) in [6, 6.07) is 0. The minimum atomic E-state index is -0.423. The first-order valence-electron chi connectivity index (χ1n) is 6.95. The van der Waals surface area contributed by atoms with Crippen LogP contribution in [-0.4, -0.2) is 36.5 Å². The lowest BCUT2D eigenvalue weighted by Gasteiger charge is -2.21. The van der Waals surface area contributed by atoms with Gasteiger partial charge in [-0.2, -0.15) is 0 Å². The lowest BCUT2D eigenvalue weighted by Crippen LogP contribution is -2.37. The summed E-state index contributed by atoms with van der Waals surface area (Å²) in [4.78, 5) is 40.5. The third-order valence-electron chi connectivity index (χ3n) is 3.72. The number of ether oxygens (including phenoxy) is 1. The lowest BCUT2D eigenvalue weighted by molar-refractivity contribution is -0.142. The number of esters is 1. The molecule has 0 N–H and O–H groups in total. The average Bonchev–Trinajstić information content (AvgIpc) is 2.89. The predicted molar refractivity (Wildman–Crippen MR) is 81.1 cm³/mol. The van der Waals surface area contributed by atoms with Crippen molar-refractivity contribution in [2.75, 3.05) is 6.61 Å². The second kappa shape index (κ2) is 5.31. The van der Waals surface area contributed by atoms with E-state index in [1.807, 2.05) is 4.57 Å². The molecule has 3 rings (SSSR count). The Hall–Kier alpha value is -2.03. The van der Waals surface area contributed by atoms with Crippen LogP contribution >= 0.6 is 11.8 Å². The molecule has 0 aromatic carbocycles. The van der Waals surface area contributed by atoms with Crippen LogP contribution in [0.25, 0.3) is 11.2 Å². The summed E-state index contributed by atoms with van der Waals surface area (Å²) in [7, 11) is 3.04. The number of imidazole rings is 1. The first-order valence-corrected chi connectivity index (χ1v) is 7.83. The van der Waals surface area contributed by atoms with E-state index in [1.54, 1.807) is 14.0 Å². The normalized spacial score (nSPS) is 17.5. The van der Waals surface area contributed by atoms with Gasteiger partial charge in [-0.25, -0.2) is 9.78 Å². The molecule has 0 radical (unpaired) electrons. The highest BCUT2D eigenvalue weighted by molar-refractivity contribution is 8.00. The van der Waals surface area contributed by atoms with Crippen molar-refractivity contribution < 1.29 is 9.53 Å². The molecule has 0 saturated heterocycles. The average molecular weight is 324 g/mol. The third-order valence-corrected chi connectivity index (χ3v) is 4.95. The van der Waals surface area contributed by atoms with Crippen LogP contribution in [0.5, 0.6) is 0 Å². The largest absolute Gasteiger partial charge is 0.465 e. The van der Waals surface area contributed by atoms with Crippen molar-refractivity contribution in [2.45, 2.75) is 30.3 Å². The van der Waals surface area contributed by atoms with Gasteiger partial charge in [-0.05, 0) is 13.3 Å². The Kier molecular flexibility index (Phi) is 3.59. The predicted octanol–water partition coefficient (Wildman–Crippen LogP) is -0.139. The number of nitrogens with zero attached hydrogens (tertiary/aromatic N) is 4. The van der Waals surface area contributed by atoms with E-state index >= 15 is 0 Å². The Balaban J connectivity index is 2.14. The molecule has 1 atom stereocenters. The van der Waals surface area contributed by atoms with Crippen LogP contribution in [0.3, 0.4) is 0 Å². The molecule has 22 heavy (non-hydrogen) atoms. The van der Waals surface area contributed by atoms with Crippen LogP contribution in [0, 0.1) is 0 Å². The van der Waals surface area contributed by atoms with Gasteiger partial charge in [0.05, 0.1) is 6.61 Å². The second-order valence-corrected chi connectivity index (χ2v) is 6.24. The molecule has 0 fully saturated rings. The third kappa shape index (κ3) is 2.07. The summed E-state index contributed by atoms with van der Waals surface area (Å²) < 4.78 is 9.31. The standard InChI is InChI=1S/C13H16N4O4S/c1-4-21-11(19)7-5-6-17-9-8(14-12(17)22-7)10(18)16(3)13(20)15(9)2/h7H,4-6H2,1-3H3/t7-/m0/s1. The van der Waals surface area contributed by atoms with Crippen LogP contribution in [0.15, 0.2) is 14.7 Å². The van der Waals surface area contributed by atoms with Gasteiger partial charge in [-0.1, -0.05) is 11.8 Å². The minimum Gasteiger partial charge on any atom is -0.465 e. The van der Waals surface area contributed by atoms with E-state index in [-0.39, 0.29) is 16.7 Å². The number of aryl methyl sites for hydroxylation is 2. The topological polar surface area (TPSA) is 88.1 Å². The molecule has 0 aliphatic carbocycles. The smallest absolute Gasteiger partial charge is 0.332 e. The number of thioether (sulfide) groups is 1. The molecule has 1 aliphatic heterocycles. The number of fused-ring (bicyclic) bond motifs is 3. The van der Waals surface area contributed by atoms with Gasteiger partial charge in [0.25, 0.3) is 5.56 Å². The summed E-state index contributed by atoms with van der Waals surface area (Å²) >= 11 is 1.27. The van der Waals surface area contributed by atoms with Gasteiger partial charge < -0.3 is 9.30 Å². The number of carbonyl (C=O) groups excluding carboxylic acids is 1. The summed E-state index contributed by atoms with van der Waals surface area (Å²) in [5, 5.41) is 0.239. The fraction of sp³-hybridized carbons (Fsp3) is 0.538. The first kappa shape index (κ1) is 14.9. The maximum Gasteiger partial charge on any atom is 0.332 e. The van der Waals surface area contributed by atoms with Crippen molar-refractivity contribution in [3.05, 3.63) is 20.8 Å². The number of aromatic nitrogens is 4. The van der Waals surface area contributed by atoms with Crippen molar-refractivity contribution in [3.8, 4) is 0 Å². The van der Waals surface area contributed by atoms with E-state index in [0.717, 1.165) is 4.57 Å². The van der Waals surface area contributed by atoms with Gasteiger partial charge >= 0.3 is 11.7 Å². The zero-order valence-electron chi connectivity index (χ0n) is 12.5. The molecule has 0 saturated carbocycles. The van der Waals surface area contributed by atoms with E-state index in [2.05, 4.69) is 4.98 Å². The summed E-state index contributed by atoms with van der Waals surface area (Å²) in [6.07, 6.45) is 0.575. The molecule has 9 heteroatoms. The van der Waals surface area contributed by atoms with Crippen molar-refractivity contribution >= 4 is 28.9 Å². The van der Waals surface area contributed by atoms with Gasteiger partial charge in [0.15, 0.2) is 16.3 Å². The lowest BCUT2D eigenvalue weighted by atomic mass is 10.3. The molecule has 3 heterocycles. The monoisotopic (exact) mass is 324 g/mol. The summed E-state index contributed by atoms with van der Waals surface area (Å²) in [6.45, 7) is 2.62. The molecular formula is C13H16N4O4S. The fourth-order valence-corrected chi connectivity index (χ4v) is 3.69. The quantitative estimate of drug-likeness (QED) is 0.715. The van der Waals surface area contributed by atoms with Gasteiger partial charge in [-0.15, -0.1) is 0 Å². The molecular weight excluding hydrogens is 308 g/mol. The molecule has 2 aromatic heterocycles. The van der Waals surface area contributed by atoms with Gasteiger partial charge in [-0.3, -0.25) is 18.7 Å². The molecule has 8 nitrogen and oxygen atoms in total. The molecule has 118 valence electrons. The van der Waals surface area contributed by atoms with Crippen LogP contribution < -0.4 is 11.2 Å². The van der Waals surface area contributed by atoms with Crippen LogP contribution in [0.2, 0.25) is 0 Å². The molecule has 1 aliphatic rings. The van der Waals surface area contributed by atoms with E-state index in [1.165, 1.54) is 23.4 Å². The Morgan fingerprint density at radius 2 is 2.09 bits per heavy atom. The van der Waals surface area contributed by atoms with Crippen molar-refractivity contribution in [2.24, 2.45) is 14.1 Å². The highest BCUT2D eigenvalue weighted by atomic mass is 32.2. The van der Waals surface area contributed by atoms with E-state index in [0.29, 0.717) is 30.4 Å². The summed E-state index contributed by atoms with van der Waals surface area (Å²) in [5.74, 6) is -0.271. The van der Waals surface area contributed by atoms with Crippen molar-refractivity contribution in [1.29, 1.82) is 0 Å². The first-order chi connectivity index (χ1) is 10.5. The molecule has 0 amide bonds. The van der Waals surface area contributed by atoms with Crippen molar-refractivity contribution in [1.82, 2.24) is 18.7 Å². The Bertz CT molecular complexity index is 879.